The van der Waals surface area contributed by atoms with Gasteiger partial charge in [-0.3, -0.25) is 22.1 Å². The highest BCUT2D eigenvalue weighted by Crippen LogP contribution is 2.01. The standard InChI is InChI=1S/C10H18N4/c1-14(10(11,12)13)8-7-9-5-3-2-4-6-9/h2-6H,7-8,11-13H2,1H3. The Labute approximate surface area is 84.7 Å². The molecule has 0 fully saturated rings. The summed E-state index contributed by atoms with van der Waals surface area (Å²) in [5.74, 6) is -1.23. The molecule has 1 rings (SSSR count). The Morgan fingerprint density at radius 3 is 2.21 bits per heavy atom. The van der Waals surface area contributed by atoms with Crippen LogP contribution in [-0.2, 0) is 6.42 Å². The van der Waals surface area contributed by atoms with Crippen LogP contribution < -0.4 is 17.2 Å². The van der Waals surface area contributed by atoms with Crippen molar-refractivity contribution in [2.75, 3.05) is 13.6 Å². The molecule has 0 bridgehead atoms. The smallest absolute Gasteiger partial charge is 0.176 e. The van der Waals surface area contributed by atoms with Crippen LogP contribution in [0.3, 0.4) is 0 Å². The van der Waals surface area contributed by atoms with Crippen LogP contribution in [0.4, 0.5) is 0 Å². The zero-order valence-corrected chi connectivity index (χ0v) is 8.48. The number of nitrogens with two attached hydrogens (primary N) is 3. The fraction of sp³-hybridized carbons (Fsp3) is 0.400. The second-order valence-corrected chi connectivity index (χ2v) is 3.54. The SMILES string of the molecule is CN(CCc1ccccc1)C(N)(N)N. The Balaban J connectivity index is 2.42. The first-order valence-corrected chi connectivity index (χ1v) is 4.62. The highest BCUT2D eigenvalue weighted by molar-refractivity contribution is 5.14. The third-order valence-corrected chi connectivity index (χ3v) is 2.24. The Hall–Kier alpha value is -0.940. The minimum Gasteiger partial charge on any atom is -0.288 e. The molecule has 78 valence electrons. The van der Waals surface area contributed by atoms with E-state index in [2.05, 4.69) is 12.1 Å². The summed E-state index contributed by atoms with van der Waals surface area (Å²) in [6.45, 7) is 0.744. The molecule has 0 radical (unpaired) electrons. The fourth-order valence-electron chi connectivity index (χ4n) is 1.14. The van der Waals surface area contributed by atoms with E-state index in [9.17, 15) is 0 Å². The average molecular weight is 194 g/mol. The molecule has 1 aromatic carbocycles. The van der Waals surface area contributed by atoms with Crippen molar-refractivity contribution in [2.24, 2.45) is 17.2 Å². The monoisotopic (exact) mass is 194 g/mol. The molecule has 1 aromatic rings. The summed E-state index contributed by atoms with van der Waals surface area (Å²) < 4.78 is 0. The molecule has 0 saturated heterocycles. The van der Waals surface area contributed by atoms with E-state index < -0.39 is 5.91 Å². The molecule has 0 amide bonds. The highest BCUT2D eigenvalue weighted by Gasteiger charge is 2.17. The summed E-state index contributed by atoms with van der Waals surface area (Å²) in [7, 11) is 1.81. The van der Waals surface area contributed by atoms with Gasteiger partial charge in [0.15, 0.2) is 5.91 Å². The van der Waals surface area contributed by atoms with Crippen molar-refractivity contribution in [1.29, 1.82) is 0 Å². The minimum absolute atomic E-state index is 0.744. The molecular formula is C10H18N4. The third kappa shape index (κ3) is 3.43. The Bertz CT molecular complexity index is 265. The van der Waals surface area contributed by atoms with Gasteiger partial charge >= 0.3 is 0 Å². The van der Waals surface area contributed by atoms with Crippen molar-refractivity contribution in [3.05, 3.63) is 35.9 Å². The molecule has 0 aliphatic rings. The van der Waals surface area contributed by atoms with Crippen LogP contribution in [0.25, 0.3) is 0 Å². The molecule has 0 heterocycles. The van der Waals surface area contributed by atoms with Crippen LogP contribution in [0, 0.1) is 0 Å². The predicted molar refractivity (Wildman–Crippen MR) is 58.1 cm³/mol. The molecular weight excluding hydrogens is 176 g/mol. The van der Waals surface area contributed by atoms with Gasteiger partial charge in [0, 0.05) is 6.54 Å². The van der Waals surface area contributed by atoms with E-state index in [0.29, 0.717) is 0 Å². The number of nitrogens with zero attached hydrogens (tertiary/aromatic N) is 1. The quantitative estimate of drug-likeness (QED) is 0.572. The summed E-state index contributed by atoms with van der Waals surface area (Å²) in [5.41, 5.74) is 17.8. The second-order valence-electron chi connectivity index (χ2n) is 3.54. The van der Waals surface area contributed by atoms with Gasteiger partial charge in [-0.2, -0.15) is 0 Å². The van der Waals surface area contributed by atoms with Gasteiger partial charge in [0.2, 0.25) is 0 Å². The van der Waals surface area contributed by atoms with Gasteiger partial charge in [-0.05, 0) is 19.0 Å². The van der Waals surface area contributed by atoms with Crippen LogP contribution in [0.1, 0.15) is 5.56 Å². The van der Waals surface area contributed by atoms with E-state index in [1.54, 1.807) is 4.90 Å². The van der Waals surface area contributed by atoms with E-state index in [1.807, 2.05) is 25.2 Å². The maximum Gasteiger partial charge on any atom is 0.176 e. The van der Waals surface area contributed by atoms with Gasteiger partial charge in [-0.1, -0.05) is 30.3 Å². The van der Waals surface area contributed by atoms with E-state index in [-0.39, 0.29) is 0 Å². The number of benzene rings is 1. The van der Waals surface area contributed by atoms with Crippen LogP contribution in [0.15, 0.2) is 30.3 Å². The molecule has 0 atom stereocenters. The second kappa shape index (κ2) is 4.52. The van der Waals surface area contributed by atoms with E-state index in [4.69, 9.17) is 17.2 Å². The largest absolute Gasteiger partial charge is 0.288 e. The first kappa shape index (κ1) is 11.1. The number of rotatable bonds is 4. The number of hydrogen-bond acceptors (Lipinski definition) is 4. The van der Waals surface area contributed by atoms with Gasteiger partial charge in [-0.25, -0.2) is 0 Å². The lowest BCUT2D eigenvalue weighted by atomic mass is 10.1. The zero-order valence-electron chi connectivity index (χ0n) is 8.48. The van der Waals surface area contributed by atoms with Crippen molar-refractivity contribution in [3.63, 3.8) is 0 Å². The van der Waals surface area contributed by atoms with Crippen molar-refractivity contribution < 1.29 is 0 Å². The van der Waals surface area contributed by atoms with Crippen molar-refractivity contribution >= 4 is 0 Å². The maximum absolute atomic E-state index is 5.52. The summed E-state index contributed by atoms with van der Waals surface area (Å²) in [6, 6.07) is 10.1. The number of likely N-dealkylation sites (N-methyl/N-ethyl adjacent to an activating group) is 1. The molecule has 4 heteroatoms. The van der Waals surface area contributed by atoms with E-state index in [1.165, 1.54) is 5.56 Å². The molecule has 0 spiro atoms. The van der Waals surface area contributed by atoms with Gasteiger partial charge in [-0.15, -0.1) is 0 Å². The molecule has 0 aliphatic carbocycles. The zero-order chi connectivity index (χ0) is 10.6. The van der Waals surface area contributed by atoms with Crippen LogP contribution in [0.2, 0.25) is 0 Å². The lowest BCUT2D eigenvalue weighted by Crippen LogP contribution is -2.68. The van der Waals surface area contributed by atoms with Crippen LogP contribution in [0.5, 0.6) is 0 Å². The van der Waals surface area contributed by atoms with Crippen molar-refractivity contribution in [1.82, 2.24) is 4.90 Å². The first-order valence-electron chi connectivity index (χ1n) is 4.62. The molecule has 4 nitrogen and oxygen atoms in total. The van der Waals surface area contributed by atoms with Crippen LogP contribution >= 0.6 is 0 Å². The Kier molecular flexibility index (Phi) is 3.60. The van der Waals surface area contributed by atoms with Gasteiger partial charge in [0.05, 0.1) is 0 Å². The summed E-state index contributed by atoms with van der Waals surface area (Å²) >= 11 is 0. The van der Waals surface area contributed by atoms with Crippen molar-refractivity contribution in [2.45, 2.75) is 12.3 Å². The molecule has 14 heavy (non-hydrogen) atoms. The van der Waals surface area contributed by atoms with E-state index in [0.717, 1.165) is 13.0 Å². The Morgan fingerprint density at radius 1 is 1.14 bits per heavy atom. The van der Waals surface area contributed by atoms with Crippen molar-refractivity contribution in [3.8, 4) is 0 Å². The molecule has 0 saturated carbocycles. The highest BCUT2D eigenvalue weighted by atomic mass is 15.4. The molecule has 0 aromatic heterocycles. The molecule has 0 unspecified atom stereocenters. The summed E-state index contributed by atoms with van der Waals surface area (Å²) in [4.78, 5) is 1.72. The minimum atomic E-state index is -1.23. The first-order chi connectivity index (χ1) is 6.50. The van der Waals surface area contributed by atoms with Gasteiger partial charge < -0.3 is 0 Å². The molecule has 6 N–H and O–H groups in total. The number of hydrogen-bond donors (Lipinski definition) is 3. The normalized spacial score (nSPS) is 12.1. The maximum atomic E-state index is 5.52. The third-order valence-electron chi connectivity index (χ3n) is 2.24. The molecule has 0 aliphatic heterocycles. The lowest BCUT2D eigenvalue weighted by Gasteiger charge is -2.30. The van der Waals surface area contributed by atoms with Gasteiger partial charge in [0.25, 0.3) is 0 Å². The topological polar surface area (TPSA) is 81.3 Å². The van der Waals surface area contributed by atoms with Gasteiger partial charge in [0.1, 0.15) is 0 Å². The van der Waals surface area contributed by atoms with E-state index >= 15 is 0 Å². The Morgan fingerprint density at radius 2 is 1.71 bits per heavy atom. The summed E-state index contributed by atoms with van der Waals surface area (Å²) in [5, 5.41) is 0. The summed E-state index contributed by atoms with van der Waals surface area (Å²) in [6.07, 6.45) is 0.894. The fourth-order valence-corrected chi connectivity index (χ4v) is 1.14. The average Bonchev–Trinajstić information content (AvgIpc) is 2.14. The predicted octanol–water partition coefficient (Wildman–Crippen LogP) is -0.352. The van der Waals surface area contributed by atoms with Crippen LogP contribution in [-0.4, -0.2) is 24.4 Å². The lowest BCUT2D eigenvalue weighted by molar-refractivity contribution is 0.139.